The van der Waals surface area contributed by atoms with Gasteiger partial charge in [0.1, 0.15) is 0 Å². The van der Waals surface area contributed by atoms with Gasteiger partial charge in [0.2, 0.25) is 5.91 Å². The number of carbonyl (C=O) groups excluding carboxylic acids is 1. The minimum Gasteiger partial charge on any atom is -0.392 e. The molecule has 2 rings (SSSR count). The quantitative estimate of drug-likeness (QED) is 0.794. The molecule has 1 aromatic rings. The second-order valence-electron chi connectivity index (χ2n) is 5.53. The molecule has 4 nitrogen and oxygen atoms in total. The summed E-state index contributed by atoms with van der Waals surface area (Å²) in [7, 11) is 0. The average Bonchev–Trinajstić information content (AvgIpc) is 2.37. The number of hydrogen-bond donors (Lipinski definition) is 3. The lowest BCUT2D eigenvalue weighted by atomic mass is 9.64. The summed E-state index contributed by atoms with van der Waals surface area (Å²) in [5, 5.41) is 15.7. The summed E-state index contributed by atoms with van der Waals surface area (Å²) in [6.45, 7) is 4.26. The van der Waals surface area contributed by atoms with Crippen LogP contribution in [-0.4, -0.2) is 29.7 Å². The summed E-state index contributed by atoms with van der Waals surface area (Å²) < 4.78 is 0.864. The predicted molar refractivity (Wildman–Crippen MR) is 79.0 cm³/mol. The standard InChI is InChI=1S/C14H19BrN2O2/c1-14(2)11(7-12(14)18)16-8-13(19)17-10-6-4-3-5-9(10)15/h3-6,11-12,16,18H,7-8H2,1-2H3,(H,17,19). The van der Waals surface area contributed by atoms with Crippen molar-refractivity contribution in [2.75, 3.05) is 11.9 Å². The highest BCUT2D eigenvalue weighted by Gasteiger charge is 2.46. The first-order valence-electron chi connectivity index (χ1n) is 6.37. The molecule has 1 aliphatic carbocycles. The molecule has 1 aromatic carbocycles. The van der Waals surface area contributed by atoms with E-state index in [0.29, 0.717) is 6.42 Å². The maximum atomic E-state index is 11.8. The molecule has 0 aromatic heterocycles. The highest BCUT2D eigenvalue weighted by atomic mass is 79.9. The Bertz CT molecular complexity index is 476. The molecule has 5 heteroatoms. The lowest BCUT2D eigenvalue weighted by molar-refractivity contribution is -0.117. The molecule has 1 saturated carbocycles. The van der Waals surface area contributed by atoms with Gasteiger partial charge < -0.3 is 15.7 Å². The number of halogens is 1. The Morgan fingerprint density at radius 2 is 2.16 bits per heavy atom. The first-order valence-corrected chi connectivity index (χ1v) is 7.16. The molecule has 1 amide bonds. The Balaban J connectivity index is 1.82. The van der Waals surface area contributed by atoms with Crippen LogP contribution in [0.3, 0.4) is 0 Å². The smallest absolute Gasteiger partial charge is 0.238 e. The Morgan fingerprint density at radius 1 is 1.47 bits per heavy atom. The van der Waals surface area contributed by atoms with Crippen molar-refractivity contribution in [2.24, 2.45) is 5.41 Å². The van der Waals surface area contributed by atoms with Crippen LogP contribution in [0, 0.1) is 5.41 Å². The van der Waals surface area contributed by atoms with E-state index < -0.39 is 0 Å². The number of amides is 1. The fourth-order valence-corrected chi connectivity index (χ4v) is 2.61. The summed E-state index contributed by atoms with van der Waals surface area (Å²) >= 11 is 3.39. The number of anilines is 1. The van der Waals surface area contributed by atoms with Gasteiger partial charge in [-0.15, -0.1) is 0 Å². The van der Waals surface area contributed by atoms with Gasteiger partial charge in [-0.25, -0.2) is 0 Å². The predicted octanol–water partition coefficient (Wildman–Crippen LogP) is 2.14. The molecule has 0 bridgehead atoms. The van der Waals surface area contributed by atoms with Gasteiger partial charge in [0, 0.05) is 15.9 Å². The first kappa shape index (κ1) is 14.5. The van der Waals surface area contributed by atoms with Crippen molar-refractivity contribution in [3.63, 3.8) is 0 Å². The molecule has 2 atom stereocenters. The molecular formula is C14H19BrN2O2. The highest BCUT2D eigenvalue weighted by Crippen LogP contribution is 2.40. The third-order valence-electron chi connectivity index (χ3n) is 3.87. The van der Waals surface area contributed by atoms with Crippen molar-refractivity contribution in [2.45, 2.75) is 32.4 Å². The second-order valence-corrected chi connectivity index (χ2v) is 6.39. The van der Waals surface area contributed by atoms with Gasteiger partial charge in [0.05, 0.1) is 18.3 Å². The van der Waals surface area contributed by atoms with Crippen LogP contribution in [0.2, 0.25) is 0 Å². The van der Waals surface area contributed by atoms with Crippen molar-refractivity contribution in [1.29, 1.82) is 0 Å². The van der Waals surface area contributed by atoms with Crippen molar-refractivity contribution in [3.05, 3.63) is 28.7 Å². The zero-order valence-corrected chi connectivity index (χ0v) is 12.7. The van der Waals surface area contributed by atoms with Crippen LogP contribution in [-0.2, 0) is 4.79 Å². The Hall–Kier alpha value is -0.910. The van der Waals surface area contributed by atoms with Crippen LogP contribution in [0.1, 0.15) is 20.3 Å². The van der Waals surface area contributed by atoms with Crippen LogP contribution < -0.4 is 10.6 Å². The molecule has 3 N–H and O–H groups in total. The van der Waals surface area contributed by atoms with Crippen LogP contribution in [0.15, 0.2) is 28.7 Å². The van der Waals surface area contributed by atoms with Gasteiger partial charge in [-0.05, 0) is 34.5 Å². The van der Waals surface area contributed by atoms with Crippen LogP contribution in [0.5, 0.6) is 0 Å². The number of rotatable bonds is 4. The monoisotopic (exact) mass is 326 g/mol. The van der Waals surface area contributed by atoms with Crippen molar-refractivity contribution < 1.29 is 9.90 Å². The van der Waals surface area contributed by atoms with Crippen LogP contribution >= 0.6 is 15.9 Å². The molecule has 2 unspecified atom stereocenters. The van der Waals surface area contributed by atoms with E-state index in [2.05, 4.69) is 26.6 Å². The second kappa shape index (κ2) is 5.61. The molecule has 0 heterocycles. The maximum absolute atomic E-state index is 11.8. The highest BCUT2D eigenvalue weighted by molar-refractivity contribution is 9.10. The molecular weight excluding hydrogens is 308 g/mol. The number of para-hydroxylation sites is 1. The molecule has 0 spiro atoms. The Labute approximate surface area is 121 Å². The number of nitrogens with one attached hydrogen (secondary N) is 2. The van der Waals surface area contributed by atoms with Gasteiger partial charge in [-0.1, -0.05) is 26.0 Å². The van der Waals surface area contributed by atoms with Crippen molar-refractivity contribution in [1.82, 2.24) is 5.32 Å². The number of aliphatic hydroxyl groups is 1. The molecule has 1 fully saturated rings. The molecule has 0 radical (unpaired) electrons. The van der Waals surface area contributed by atoms with Gasteiger partial charge in [-0.3, -0.25) is 4.79 Å². The van der Waals surface area contributed by atoms with Crippen LogP contribution in [0.4, 0.5) is 5.69 Å². The van der Waals surface area contributed by atoms with E-state index in [1.807, 2.05) is 38.1 Å². The fourth-order valence-electron chi connectivity index (χ4n) is 2.22. The molecule has 104 valence electrons. The summed E-state index contributed by atoms with van der Waals surface area (Å²) in [5.41, 5.74) is 0.607. The largest absolute Gasteiger partial charge is 0.392 e. The third kappa shape index (κ3) is 3.16. The minimum absolute atomic E-state index is 0.0795. The number of aliphatic hydroxyl groups excluding tert-OH is 1. The molecule has 1 aliphatic rings. The van der Waals surface area contributed by atoms with E-state index in [-0.39, 0.29) is 30.0 Å². The van der Waals surface area contributed by atoms with Crippen molar-refractivity contribution in [3.8, 4) is 0 Å². The lowest BCUT2D eigenvalue weighted by Crippen LogP contribution is -2.60. The van der Waals surface area contributed by atoms with Gasteiger partial charge in [-0.2, -0.15) is 0 Å². The van der Waals surface area contributed by atoms with E-state index in [1.54, 1.807) is 0 Å². The molecule has 0 aliphatic heterocycles. The Morgan fingerprint density at radius 3 is 2.74 bits per heavy atom. The zero-order chi connectivity index (χ0) is 14.0. The number of benzene rings is 1. The zero-order valence-electron chi connectivity index (χ0n) is 11.1. The fraction of sp³-hybridized carbons (Fsp3) is 0.500. The van der Waals surface area contributed by atoms with Gasteiger partial charge in [0.25, 0.3) is 0 Å². The molecule has 0 saturated heterocycles. The summed E-state index contributed by atoms with van der Waals surface area (Å²) in [4.78, 5) is 11.8. The van der Waals surface area contributed by atoms with E-state index in [9.17, 15) is 9.90 Å². The Kier molecular flexibility index (Phi) is 4.28. The topological polar surface area (TPSA) is 61.4 Å². The van der Waals surface area contributed by atoms with Crippen molar-refractivity contribution >= 4 is 27.5 Å². The van der Waals surface area contributed by atoms with Gasteiger partial charge in [0.15, 0.2) is 0 Å². The van der Waals surface area contributed by atoms with Gasteiger partial charge >= 0.3 is 0 Å². The summed E-state index contributed by atoms with van der Waals surface area (Å²) in [6, 6.07) is 7.69. The summed E-state index contributed by atoms with van der Waals surface area (Å²) in [5.74, 6) is -0.0795. The number of hydrogen-bond acceptors (Lipinski definition) is 3. The minimum atomic E-state index is -0.281. The van der Waals surface area contributed by atoms with Crippen LogP contribution in [0.25, 0.3) is 0 Å². The van der Waals surface area contributed by atoms with E-state index in [4.69, 9.17) is 0 Å². The maximum Gasteiger partial charge on any atom is 0.238 e. The normalized spacial score (nSPS) is 24.6. The lowest BCUT2D eigenvalue weighted by Gasteiger charge is -2.49. The van der Waals surface area contributed by atoms with E-state index in [1.165, 1.54) is 0 Å². The van der Waals surface area contributed by atoms with E-state index >= 15 is 0 Å². The van der Waals surface area contributed by atoms with E-state index in [0.717, 1.165) is 10.2 Å². The summed E-state index contributed by atoms with van der Waals surface area (Å²) in [6.07, 6.45) is 0.423. The average molecular weight is 327 g/mol. The molecule has 19 heavy (non-hydrogen) atoms. The first-order chi connectivity index (χ1) is 8.91. The number of carbonyl (C=O) groups is 1. The third-order valence-corrected chi connectivity index (χ3v) is 4.56. The SMILES string of the molecule is CC1(C)C(O)CC1NCC(=O)Nc1ccccc1Br.